The number of aromatic nitrogens is 1. The summed E-state index contributed by atoms with van der Waals surface area (Å²) in [7, 11) is 3.19. The number of nitrogens with zero attached hydrogens (tertiary/aromatic N) is 1. The van der Waals surface area contributed by atoms with Gasteiger partial charge in [0.15, 0.2) is 16.6 Å². The summed E-state index contributed by atoms with van der Waals surface area (Å²) >= 11 is 5.02. The van der Waals surface area contributed by atoms with Crippen LogP contribution in [0.2, 0.25) is 0 Å². The first-order valence-corrected chi connectivity index (χ1v) is 10.8. The minimum atomic E-state index is -0.0732. The molecule has 0 aliphatic heterocycles. The van der Waals surface area contributed by atoms with Crippen molar-refractivity contribution < 1.29 is 14.3 Å². The van der Waals surface area contributed by atoms with Gasteiger partial charge in [-0.25, -0.2) is 4.98 Å². The van der Waals surface area contributed by atoms with Gasteiger partial charge in [0.05, 0.1) is 19.9 Å². The van der Waals surface area contributed by atoms with Crippen LogP contribution in [0.3, 0.4) is 0 Å². The number of nitrogens with one attached hydrogen (secondary N) is 1. The van der Waals surface area contributed by atoms with E-state index in [9.17, 15) is 4.79 Å². The molecule has 0 unspecified atom stereocenters. The van der Waals surface area contributed by atoms with Gasteiger partial charge in [-0.05, 0) is 38.0 Å². The van der Waals surface area contributed by atoms with Crippen molar-refractivity contribution in [2.24, 2.45) is 0 Å². The smallest absolute Gasteiger partial charge is 0.226 e. The van der Waals surface area contributed by atoms with Crippen LogP contribution >= 0.6 is 27.3 Å². The summed E-state index contributed by atoms with van der Waals surface area (Å²) in [5.41, 5.74) is 4.15. The van der Waals surface area contributed by atoms with E-state index in [1.54, 1.807) is 14.2 Å². The molecule has 2 aromatic carbocycles. The Kier molecular flexibility index (Phi) is 6.92. The quantitative estimate of drug-likeness (QED) is 0.471. The molecule has 3 rings (SSSR count). The average molecular weight is 475 g/mol. The van der Waals surface area contributed by atoms with Gasteiger partial charge in [-0.15, -0.1) is 11.3 Å². The third-order valence-electron chi connectivity index (χ3n) is 4.54. The molecule has 0 aliphatic rings. The van der Waals surface area contributed by atoms with E-state index in [1.165, 1.54) is 16.9 Å². The first-order chi connectivity index (χ1) is 13.9. The molecule has 0 spiro atoms. The number of carbonyl (C=O) groups is 1. The van der Waals surface area contributed by atoms with E-state index in [4.69, 9.17) is 9.47 Å². The number of halogens is 1. The molecule has 1 N–H and O–H groups in total. The summed E-state index contributed by atoms with van der Waals surface area (Å²) in [6.45, 7) is 4.07. The van der Waals surface area contributed by atoms with Crippen LogP contribution in [0.25, 0.3) is 11.3 Å². The van der Waals surface area contributed by atoms with Gasteiger partial charge in [-0.1, -0.05) is 45.8 Å². The molecule has 29 heavy (non-hydrogen) atoms. The highest BCUT2D eigenvalue weighted by Gasteiger charge is 2.14. The maximum Gasteiger partial charge on any atom is 0.226 e. The molecule has 152 valence electrons. The van der Waals surface area contributed by atoms with Gasteiger partial charge in [0.2, 0.25) is 5.91 Å². The topological polar surface area (TPSA) is 60.5 Å². The van der Waals surface area contributed by atoms with Crippen molar-refractivity contribution in [2.75, 3.05) is 19.5 Å². The number of ether oxygens (including phenoxy) is 2. The molecule has 1 heterocycles. The zero-order valence-corrected chi connectivity index (χ0v) is 19.2. The van der Waals surface area contributed by atoms with Crippen LogP contribution in [0.1, 0.15) is 22.4 Å². The Morgan fingerprint density at radius 1 is 1.10 bits per heavy atom. The Morgan fingerprint density at radius 3 is 2.41 bits per heavy atom. The predicted octanol–water partition coefficient (Wildman–Crippen LogP) is 5.78. The maximum absolute atomic E-state index is 12.5. The Labute approximate surface area is 183 Å². The molecule has 1 aromatic heterocycles. The van der Waals surface area contributed by atoms with Crippen LogP contribution in [0.15, 0.2) is 40.9 Å². The standard InChI is InChI=1S/C22H23BrN2O3S/c1-13-5-7-15(8-6-13)21-14(2)29-22(25-21)24-20(26)10-9-16-11-18(27-3)19(28-4)12-17(16)23/h5-8,11-12H,9-10H2,1-4H3,(H,24,25,26). The number of thiazole rings is 1. The molecule has 3 aromatic rings. The molecular weight excluding hydrogens is 452 g/mol. The van der Waals surface area contributed by atoms with Gasteiger partial charge < -0.3 is 14.8 Å². The van der Waals surface area contributed by atoms with Crippen molar-refractivity contribution in [2.45, 2.75) is 26.7 Å². The van der Waals surface area contributed by atoms with Crippen molar-refractivity contribution in [3.05, 3.63) is 56.9 Å². The molecule has 0 saturated carbocycles. The van der Waals surface area contributed by atoms with Gasteiger partial charge in [0.25, 0.3) is 0 Å². The SMILES string of the molecule is COc1cc(Br)c(CCC(=O)Nc2nc(-c3ccc(C)cc3)c(C)s2)cc1OC. The highest BCUT2D eigenvalue weighted by Crippen LogP contribution is 2.34. The summed E-state index contributed by atoms with van der Waals surface area (Å²) in [6.07, 6.45) is 0.911. The number of aryl methyl sites for hydroxylation is 3. The maximum atomic E-state index is 12.5. The second-order valence-corrected chi connectivity index (χ2v) is 8.69. The van der Waals surface area contributed by atoms with Gasteiger partial charge in [0.1, 0.15) is 0 Å². The number of hydrogen-bond acceptors (Lipinski definition) is 5. The molecule has 0 radical (unpaired) electrons. The molecule has 1 amide bonds. The number of amides is 1. The lowest BCUT2D eigenvalue weighted by atomic mass is 10.1. The van der Waals surface area contributed by atoms with E-state index in [0.29, 0.717) is 29.5 Å². The van der Waals surface area contributed by atoms with Crippen molar-refractivity contribution in [1.82, 2.24) is 4.98 Å². The van der Waals surface area contributed by atoms with Crippen LogP contribution in [0.4, 0.5) is 5.13 Å². The summed E-state index contributed by atoms with van der Waals surface area (Å²) in [5, 5.41) is 3.54. The molecular formula is C22H23BrN2O3S. The molecule has 7 heteroatoms. The number of carbonyl (C=O) groups excluding carboxylic acids is 1. The molecule has 5 nitrogen and oxygen atoms in total. The lowest BCUT2D eigenvalue weighted by Gasteiger charge is -2.11. The monoisotopic (exact) mass is 474 g/mol. The third kappa shape index (κ3) is 5.16. The first-order valence-electron chi connectivity index (χ1n) is 9.16. The zero-order chi connectivity index (χ0) is 21.0. The Morgan fingerprint density at radius 2 is 1.76 bits per heavy atom. The Hall–Kier alpha value is -2.38. The molecule has 0 saturated heterocycles. The molecule has 0 aliphatic carbocycles. The molecule has 0 bridgehead atoms. The normalized spacial score (nSPS) is 10.7. The summed E-state index contributed by atoms with van der Waals surface area (Å²) in [6, 6.07) is 12.0. The molecule has 0 atom stereocenters. The van der Waals surface area contributed by atoms with E-state index in [0.717, 1.165) is 26.2 Å². The van der Waals surface area contributed by atoms with Crippen molar-refractivity contribution in [3.8, 4) is 22.8 Å². The zero-order valence-electron chi connectivity index (χ0n) is 16.8. The van der Waals surface area contributed by atoms with Gasteiger partial charge in [-0.3, -0.25) is 4.79 Å². The largest absolute Gasteiger partial charge is 0.493 e. The van der Waals surface area contributed by atoms with Gasteiger partial charge in [-0.2, -0.15) is 0 Å². The highest BCUT2D eigenvalue weighted by molar-refractivity contribution is 9.10. The lowest BCUT2D eigenvalue weighted by Crippen LogP contribution is -2.12. The molecule has 0 fully saturated rings. The van der Waals surface area contributed by atoms with Crippen molar-refractivity contribution in [3.63, 3.8) is 0 Å². The van der Waals surface area contributed by atoms with E-state index in [1.807, 2.05) is 19.1 Å². The van der Waals surface area contributed by atoms with Crippen LogP contribution < -0.4 is 14.8 Å². The van der Waals surface area contributed by atoms with Crippen LogP contribution in [0.5, 0.6) is 11.5 Å². The number of hydrogen-bond donors (Lipinski definition) is 1. The Balaban J connectivity index is 1.66. The lowest BCUT2D eigenvalue weighted by molar-refractivity contribution is -0.116. The van der Waals surface area contributed by atoms with Crippen LogP contribution in [-0.4, -0.2) is 25.1 Å². The minimum absolute atomic E-state index is 0.0732. The second-order valence-electron chi connectivity index (χ2n) is 6.64. The van der Waals surface area contributed by atoms with E-state index in [2.05, 4.69) is 57.4 Å². The van der Waals surface area contributed by atoms with E-state index >= 15 is 0 Å². The van der Waals surface area contributed by atoms with Crippen molar-refractivity contribution in [1.29, 1.82) is 0 Å². The summed E-state index contributed by atoms with van der Waals surface area (Å²) < 4.78 is 11.5. The third-order valence-corrected chi connectivity index (χ3v) is 6.17. The first kappa shape index (κ1) is 21.3. The fraction of sp³-hybridized carbons (Fsp3) is 0.273. The van der Waals surface area contributed by atoms with Crippen LogP contribution in [0, 0.1) is 13.8 Å². The van der Waals surface area contributed by atoms with E-state index in [-0.39, 0.29) is 5.91 Å². The van der Waals surface area contributed by atoms with Crippen molar-refractivity contribution >= 4 is 38.3 Å². The number of rotatable bonds is 7. The number of benzene rings is 2. The highest BCUT2D eigenvalue weighted by atomic mass is 79.9. The average Bonchev–Trinajstić information content (AvgIpc) is 3.07. The summed E-state index contributed by atoms with van der Waals surface area (Å²) in [5.74, 6) is 1.22. The number of methoxy groups -OCH3 is 2. The fourth-order valence-electron chi connectivity index (χ4n) is 2.95. The van der Waals surface area contributed by atoms with Gasteiger partial charge in [0, 0.05) is 21.3 Å². The minimum Gasteiger partial charge on any atom is -0.493 e. The Bertz CT molecular complexity index is 1020. The van der Waals surface area contributed by atoms with Crippen LogP contribution in [-0.2, 0) is 11.2 Å². The summed E-state index contributed by atoms with van der Waals surface area (Å²) in [4.78, 5) is 18.1. The van der Waals surface area contributed by atoms with Gasteiger partial charge >= 0.3 is 0 Å². The predicted molar refractivity (Wildman–Crippen MR) is 121 cm³/mol. The fourth-order valence-corrected chi connectivity index (χ4v) is 4.32. The number of anilines is 1. The van der Waals surface area contributed by atoms with E-state index < -0.39 is 0 Å². The second kappa shape index (κ2) is 9.41.